The second-order valence-electron chi connectivity index (χ2n) is 7.46. The quantitative estimate of drug-likeness (QED) is 0.105. The summed E-state index contributed by atoms with van der Waals surface area (Å²) in [7, 11) is 0. The van der Waals surface area contributed by atoms with Crippen molar-refractivity contribution < 1.29 is 34.8 Å². The molecule has 4 atom stereocenters. The predicted octanol–water partition coefficient (Wildman–Crippen LogP) is 2.76. The maximum Gasteiger partial charge on any atom is 0.305 e. The highest BCUT2D eigenvalue weighted by molar-refractivity contribution is 5.69. The van der Waals surface area contributed by atoms with Crippen molar-refractivity contribution in [1.29, 1.82) is 0 Å². The van der Waals surface area contributed by atoms with Gasteiger partial charge in [-0.1, -0.05) is 62.6 Å². The summed E-state index contributed by atoms with van der Waals surface area (Å²) in [4.78, 5) is 22.0. The van der Waals surface area contributed by atoms with Crippen molar-refractivity contribution >= 4 is 12.3 Å². The summed E-state index contributed by atoms with van der Waals surface area (Å²) >= 11 is 0. The number of esters is 1. The molecule has 0 aromatic carbocycles. The molecule has 0 heterocycles. The lowest BCUT2D eigenvalue weighted by Crippen LogP contribution is -2.46. The Labute approximate surface area is 186 Å². The van der Waals surface area contributed by atoms with E-state index in [1.807, 2.05) is 0 Å². The molecule has 0 spiro atoms. The predicted molar refractivity (Wildman–Crippen MR) is 120 cm³/mol. The van der Waals surface area contributed by atoms with Crippen LogP contribution in [-0.2, 0) is 14.3 Å². The first-order valence-electron chi connectivity index (χ1n) is 11.2. The molecule has 0 saturated carbocycles. The van der Waals surface area contributed by atoms with Crippen LogP contribution in [0.25, 0.3) is 0 Å². The number of allylic oxidation sites excluding steroid dienone is 6. The third-order valence-electron chi connectivity index (χ3n) is 4.68. The second-order valence-corrected chi connectivity index (χ2v) is 7.46. The molecule has 178 valence electrons. The summed E-state index contributed by atoms with van der Waals surface area (Å²) in [5.74, 6) is -0.502. The fourth-order valence-electron chi connectivity index (χ4n) is 2.75. The van der Waals surface area contributed by atoms with E-state index < -0.39 is 37.0 Å². The van der Waals surface area contributed by atoms with E-state index in [4.69, 9.17) is 9.84 Å². The summed E-state index contributed by atoms with van der Waals surface area (Å²) in [6, 6.07) is 0. The van der Waals surface area contributed by atoms with Gasteiger partial charge in [0.15, 0.2) is 6.29 Å². The lowest BCUT2D eigenvalue weighted by atomic mass is 10.0. The third kappa shape index (κ3) is 16.6. The van der Waals surface area contributed by atoms with Crippen molar-refractivity contribution in [3.63, 3.8) is 0 Å². The van der Waals surface area contributed by atoms with Crippen LogP contribution in [0, 0.1) is 0 Å². The van der Waals surface area contributed by atoms with E-state index in [2.05, 4.69) is 43.4 Å². The van der Waals surface area contributed by atoms with Crippen molar-refractivity contribution in [2.75, 3.05) is 6.61 Å². The Kier molecular flexibility index (Phi) is 19.0. The maximum absolute atomic E-state index is 11.7. The first-order valence-corrected chi connectivity index (χ1v) is 11.2. The molecule has 0 amide bonds. The Bertz CT molecular complexity index is 542. The van der Waals surface area contributed by atoms with Crippen LogP contribution < -0.4 is 0 Å². The molecule has 0 aromatic heterocycles. The molecule has 0 fully saturated rings. The number of aliphatic hydroxyl groups is 4. The molecule has 0 saturated heterocycles. The Hall–Kier alpha value is -1.80. The summed E-state index contributed by atoms with van der Waals surface area (Å²) in [5, 5.41) is 37.8. The van der Waals surface area contributed by atoms with Crippen LogP contribution in [-0.4, -0.2) is 63.7 Å². The lowest BCUT2D eigenvalue weighted by molar-refractivity contribution is -0.156. The van der Waals surface area contributed by atoms with E-state index in [0.29, 0.717) is 6.42 Å². The molecule has 0 aliphatic heterocycles. The second kappa shape index (κ2) is 20.1. The van der Waals surface area contributed by atoms with Gasteiger partial charge in [0.25, 0.3) is 0 Å². The molecule has 7 heteroatoms. The molecule has 0 radical (unpaired) electrons. The summed E-state index contributed by atoms with van der Waals surface area (Å²) in [5.41, 5.74) is 0. The highest BCUT2D eigenvalue weighted by atomic mass is 16.5. The van der Waals surface area contributed by atoms with Crippen LogP contribution in [0.4, 0.5) is 0 Å². The number of aldehydes is 1. The largest absolute Gasteiger partial charge is 0.463 e. The molecular weight excluding hydrogens is 400 g/mol. The molecule has 0 aromatic rings. The Morgan fingerprint density at radius 2 is 1.39 bits per heavy atom. The average molecular weight is 441 g/mol. The monoisotopic (exact) mass is 440 g/mol. The molecule has 0 aliphatic rings. The fraction of sp³-hybridized carbons (Fsp3) is 0.667. The van der Waals surface area contributed by atoms with Gasteiger partial charge in [0.1, 0.15) is 31.0 Å². The zero-order chi connectivity index (χ0) is 23.3. The van der Waals surface area contributed by atoms with Crippen molar-refractivity contribution in [2.24, 2.45) is 0 Å². The van der Waals surface area contributed by atoms with Gasteiger partial charge < -0.3 is 30.0 Å². The highest BCUT2D eigenvalue weighted by Gasteiger charge is 2.30. The normalized spacial score (nSPS) is 16.0. The minimum Gasteiger partial charge on any atom is -0.463 e. The first-order chi connectivity index (χ1) is 14.9. The van der Waals surface area contributed by atoms with Crippen molar-refractivity contribution in [2.45, 2.75) is 95.5 Å². The Morgan fingerprint density at radius 3 is 2.03 bits per heavy atom. The summed E-state index contributed by atoms with van der Waals surface area (Å²) in [6.45, 7) is 1.61. The van der Waals surface area contributed by atoms with Gasteiger partial charge in [-0.25, -0.2) is 0 Å². The van der Waals surface area contributed by atoms with Crippen LogP contribution in [0.5, 0.6) is 0 Å². The van der Waals surface area contributed by atoms with Crippen molar-refractivity contribution in [3.8, 4) is 0 Å². The van der Waals surface area contributed by atoms with Gasteiger partial charge in [0.05, 0.1) is 0 Å². The molecule has 31 heavy (non-hydrogen) atoms. The zero-order valence-corrected chi connectivity index (χ0v) is 18.6. The number of unbranched alkanes of at least 4 members (excludes halogenated alkanes) is 5. The molecule has 4 N–H and O–H groups in total. The van der Waals surface area contributed by atoms with Gasteiger partial charge >= 0.3 is 5.97 Å². The van der Waals surface area contributed by atoms with Crippen LogP contribution in [0.15, 0.2) is 36.5 Å². The third-order valence-corrected chi connectivity index (χ3v) is 4.68. The number of aliphatic hydroxyl groups excluding tert-OH is 4. The van der Waals surface area contributed by atoms with Gasteiger partial charge in [0.2, 0.25) is 0 Å². The van der Waals surface area contributed by atoms with Gasteiger partial charge in [0, 0.05) is 6.42 Å². The van der Waals surface area contributed by atoms with Crippen LogP contribution in [0.3, 0.4) is 0 Å². The number of hydrogen-bond donors (Lipinski definition) is 4. The standard InChI is InChI=1S/C24H40O7/c1-2-3-4-5-6-7-8-9-10-11-12-13-14-15-16-17-22(28)31-19-21(27)24(30)23(29)20(26)18-25/h3-4,6-7,9-10,18,20-21,23-24,26-27,29-30H,2,5,8,11-17,19H2,1H3/t20-,21+,23+,24+/m0/s1. The topological polar surface area (TPSA) is 124 Å². The van der Waals surface area contributed by atoms with Crippen molar-refractivity contribution in [3.05, 3.63) is 36.5 Å². The Balaban J connectivity index is 3.64. The van der Waals surface area contributed by atoms with Gasteiger partial charge in [-0.3, -0.25) is 4.79 Å². The minimum atomic E-state index is -1.84. The van der Waals surface area contributed by atoms with Gasteiger partial charge in [-0.15, -0.1) is 0 Å². The molecule has 0 unspecified atom stereocenters. The van der Waals surface area contributed by atoms with Crippen LogP contribution in [0.2, 0.25) is 0 Å². The number of hydrogen-bond acceptors (Lipinski definition) is 7. The molecule has 0 aliphatic carbocycles. The smallest absolute Gasteiger partial charge is 0.305 e. The van der Waals surface area contributed by atoms with Crippen molar-refractivity contribution in [1.82, 2.24) is 0 Å². The van der Waals surface area contributed by atoms with Gasteiger partial charge in [-0.2, -0.15) is 0 Å². The number of rotatable bonds is 19. The molecule has 7 nitrogen and oxygen atoms in total. The van der Waals surface area contributed by atoms with E-state index in [1.165, 1.54) is 0 Å². The number of ether oxygens (including phenoxy) is 1. The minimum absolute atomic E-state index is 0.0503. The number of carbonyl (C=O) groups is 2. The highest BCUT2D eigenvalue weighted by Crippen LogP contribution is 2.09. The number of carbonyl (C=O) groups excluding carboxylic acids is 2. The molecule has 0 rings (SSSR count). The van der Waals surface area contributed by atoms with Crippen LogP contribution in [0.1, 0.15) is 71.1 Å². The first kappa shape index (κ1) is 29.2. The summed E-state index contributed by atoms with van der Waals surface area (Å²) < 4.78 is 4.86. The van der Waals surface area contributed by atoms with E-state index in [9.17, 15) is 24.9 Å². The maximum atomic E-state index is 11.7. The lowest BCUT2D eigenvalue weighted by Gasteiger charge is -2.23. The van der Waals surface area contributed by atoms with E-state index in [-0.39, 0.29) is 12.7 Å². The fourth-order valence-corrected chi connectivity index (χ4v) is 2.75. The average Bonchev–Trinajstić information content (AvgIpc) is 2.78. The van der Waals surface area contributed by atoms with E-state index in [1.54, 1.807) is 0 Å². The van der Waals surface area contributed by atoms with E-state index >= 15 is 0 Å². The zero-order valence-electron chi connectivity index (χ0n) is 18.6. The van der Waals surface area contributed by atoms with Crippen LogP contribution >= 0.6 is 0 Å². The van der Waals surface area contributed by atoms with E-state index in [0.717, 1.165) is 51.4 Å². The summed E-state index contributed by atoms with van der Waals surface area (Å²) in [6.07, 6.45) is 15.2. The van der Waals surface area contributed by atoms with Gasteiger partial charge in [-0.05, 0) is 38.5 Å². The molecular formula is C24H40O7. The Morgan fingerprint density at radius 1 is 0.806 bits per heavy atom. The SMILES string of the molecule is CCC=CCC=CCC=CCCCCCCCC(=O)OC[C@@H](O)[C@@H](O)[C@H](O)[C@@H](O)C=O. The molecule has 0 bridgehead atoms.